The van der Waals surface area contributed by atoms with Crippen LogP contribution in [0.3, 0.4) is 0 Å². The maximum atomic E-state index is 12.7. The first kappa shape index (κ1) is 16.5. The van der Waals surface area contributed by atoms with Gasteiger partial charge in [-0.2, -0.15) is 5.10 Å². The zero-order valence-corrected chi connectivity index (χ0v) is 14.6. The number of hydrogen-bond acceptors (Lipinski definition) is 4. The Hall–Kier alpha value is -2.96. The second-order valence-electron chi connectivity index (χ2n) is 6.51. The van der Waals surface area contributed by atoms with E-state index in [1.165, 1.54) is 0 Å². The van der Waals surface area contributed by atoms with Crippen molar-refractivity contribution in [3.05, 3.63) is 54.6 Å². The van der Waals surface area contributed by atoms with E-state index in [1.807, 2.05) is 47.3 Å². The van der Waals surface area contributed by atoms with Gasteiger partial charge in [0.2, 0.25) is 5.91 Å². The van der Waals surface area contributed by atoms with E-state index in [1.54, 1.807) is 6.20 Å². The summed E-state index contributed by atoms with van der Waals surface area (Å²) in [7, 11) is 0. The fraction of sp³-hybridized carbons (Fsp3) is 0.368. The fourth-order valence-corrected chi connectivity index (χ4v) is 3.43. The summed E-state index contributed by atoms with van der Waals surface area (Å²) in [4.78, 5) is 12.7. The lowest BCUT2D eigenvalue weighted by Gasteiger charge is -2.23. The van der Waals surface area contributed by atoms with Crippen LogP contribution in [0, 0.1) is 0 Å². The van der Waals surface area contributed by atoms with Crippen LogP contribution in [0.5, 0.6) is 0 Å². The Bertz CT molecular complexity index is 856. The number of hydrogen-bond donors (Lipinski definition) is 1. The molecule has 0 saturated heterocycles. The molecule has 3 aromatic rings. The highest BCUT2D eigenvalue weighted by Crippen LogP contribution is 2.30. The van der Waals surface area contributed by atoms with Crippen molar-refractivity contribution < 1.29 is 4.79 Å². The molecule has 3 heterocycles. The molecule has 7 heteroatoms. The van der Waals surface area contributed by atoms with Crippen molar-refractivity contribution in [3.8, 4) is 11.4 Å². The summed E-state index contributed by atoms with van der Waals surface area (Å²) in [6.45, 7) is 2.29. The van der Waals surface area contributed by atoms with Gasteiger partial charge in [-0.15, -0.1) is 10.2 Å². The molecule has 0 spiro atoms. The predicted octanol–water partition coefficient (Wildman–Crippen LogP) is 2.23. The molecule has 0 radical (unpaired) electrons. The molecular formula is C19H22N6O. The first-order valence-corrected chi connectivity index (χ1v) is 9.06. The Morgan fingerprint density at radius 3 is 2.88 bits per heavy atom. The molecule has 2 aromatic heterocycles. The number of nitrogens with one attached hydrogen (secondary N) is 1. The van der Waals surface area contributed by atoms with Crippen molar-refractivity contribution >= 4 is 5.91 Å². The molecule has 1 aromatic carbocycles. The molecule has 0 aliphatic carbocycles. The van der Waals surface area contributed by atoms with Crippen LogP contribution in [-0.2, 0) is 17.9 Å². The summed E-state index contributed by atoms with van der Waals surface area (Å²) in [6, 6.07) is 11.9. The van der Waals surface area contributed by atoms with Crippen LogP contribution in [0.1, 0.15) is 31.0 Å². The number of carbonyl (C=O) groups excluding carboxylic acids is 1. The van der Waals surface area contributed by atoms with E-state index in [4.69, 9.17) is 0 Å². The van der Waals surface area contributed by atoms with E-state index in [0.29, 0.717) is 6.54 Å². The number of carbonyl (C=O) groups is 1. The topological polar surface area (TPSA) is 77.6 Å². The Balaban J connectivity index is 1.41. The number of rotatable bonds is 6. The van der Waals surface area contributed by atoms with Gasteiger partial charge in [-0.3, -0.25) is 9.48 Å². The molecule has 1 aliphatic heterocycles. The van der Waals surface area contributed by atoms with Gasteiger partial charge in [0.15, 0.2) is 5.82 Å². The van der Waals surface area contributed by atoms with Crippen molar-refractivity contribution in [1.82, 2.24) is 29.9 Å². The molecule has 134 valence electrons. The highest BCUT2D eigenvalue weighted by Gasteiger charge is 2.30. The second kappa shape index (κ2) is 7.51. The zero-order valence-electron chi connectivity index (χ0n) is 14.6. The normalized spacial score (nSPS) is 16.2. The Morgan fingerprint density at radius 1 is 1.19 bits per heavy atom. The third kappa shape index (κ3) is 3.37. The van der Waals surface area contributed by atoms with Crippen LogP contribution in [-0.4, -0.2) is 37.0 Å². The van der Waals surface area contributed by atoms with Crippen molar-refractivity contribution in [3.63, 3.8) is 0 Å². The van der Waals surface area contributed by atoms with E-state index in [0.717, 1.165) is 49.6 Å². The van der Waals surface area contributed by atoms with E-state index in [9.17, 15) is 4.79 Å². The average Bonchev–Trinajstić information content (AvgIpc) is 3.35. The van der Waals surface area contributed by atoms with Crippen LogP contribution in [0.25, 0.3) is 11.4 Å². The quantitative estimate of drug-likeness (QED) is 0.692. The molecule has 1 aliphatic rings. The molecule has 0 bridgehead atoms. The maximum absolute atomic E-state index is 12.7. The van der Waals surface area contributed by atoms with Gasteiger partial charge in [-0.1, -0.05) is 30.3 Å². The van der Waals surface area contributed by atoms with Gasteiger partial charge >= 0.3 is 0 Å². The standard InChI is InChI=1S/C19H22N6O/c26-19(20-10-5-12-24-13-6-11-21-24)16-9-4-14-25-17(22-23-18(16)25)15-7-2-1-3-8-15/h1-3,6-8,11,13,16H,4-5,9-10,12,14H2,(H,20,26). The van der Waals surface area contributed by atoms with Crippen molar-refractivity contribution in [2.45, 2.75) is 38.3 Å². The monoisotopic (exact) mass is 350 g/mol. The SMILES string of the molecule is O=C(NCCCn1cccn1)C1CCCn2c(-c3ccccc3)nnc21. The molecule has 1 N–H and O–H groups in total. The Morgan fingerprint density at radius 2 is 2.08 bits per heavy atom. The number of aromatic nitrogens is 5. The van der Waals surface area contributed by atoms with Crippen LogP contribution >= 0.6 is 0 Å². The smallest absolute Gasteiger partial charge is 0.230 e. The summed E-state index contributed by atoms with van der Waals surface area (Å²) in [5.41, 5.74) is 1.03. The minimum atomic E-state index is -0.224. The van der Waals surface area contributed by atoms with Gasteiger partial charge in [-0.05, 0) is 25.3 Å². The van der Waals surface area contributed by atoms with Crippen LogP contribution in [0.15, 0.2) is 48.8 Å². The molecule has 0 saturated carbocycles. The van der Waals surface area contributed by atoms with Crippen molar-refractivity contribution in [2.24, 2.45) is 0 Å². The minimum Gasteiger partial charge on any atom is -0.355 e. The number of amides is 1. The van der Waals surface area contributed by atoms with Gasteiger partial charge in [0, 0.05) is 37.6 Å². The molecule has 0 fully saturated rings. The third-order valence-electron chi connectivity index (χ3n) is 4.74. The number of fused-ring (bicyclic) bond motifs is 1. The van der Waals surface area contributed by atoms with Gasteiger partial charge in [0.05, 0.1) is 5.92 Å². The maximum Gasteiger partial charge on any atom is 0.230 e. The van der Waals surface area contributed by atoms with Crippen LogP contribution < -0.4 is 5.32 Å². The van der Waals surface area contributed by atoms with Crippen molar-refractivity contribution in [2.75, 3.05) is 6.54 Å². The molecule has 1 amide bonds. The van der Waals surface area contributed by atoms with E-state index < -0.39 is 0 Å². The summed E-state index contributed by atoms with van der Waals surface area (Å²) in [5.74, 6) is 1.44. The average molecular weight is 350 g/mol. The van der Waals surface area contributed by atoms with Gasteiger partial charge < -0.3 is 9.88 Å². The molecule has 1 atom stereocenters. The van der Waals surface area contributed by atoms with Gasteiger partial charge in [0.1, 0.15) is 5.82 Å². The highest BCUT2D eigenvalue weighted by molar-refractivity contribution is 5.83. The molecule has 1 unspecified atom stereocenters. The predicted molar refractivity (Wildman–Crippen MR) is 97.3 cm³/mol. The fourth-order valence-electron chi connectivity index (χ4n) is 3.43. The summed E-state index contributed by atoms with van der Waals surface area (Å²) in [6.07, 6.45) is 6.31. The molecule has 7 nitrogen and oxygen atoms in total. The number of nitrogens with zero attached hydrogens (tertiary/aromatic N) is 5. The largest absolute Gasteiger partial charge is 0.355 e. The highest BCUT2D eigenvalue weighted by atomic mass is 16.1. The first-order valence-electron chi connectivity index (χ1n) is 9.06. The zero-order chi connectivity index (χ0) is 17.8. The summed E-state index contributed by atoms with van der Waals surface area (Å²) in [5, 5.41) is 15.9. The minimum absolute atomic E-state index is 0.0402. The number of benzene rings is 1. The van der Waals surface area contributed by atoms with E-state index in [2.05, 4.69) is 25.2 Å². The third-order valence-corrected chi connectivity index (χ3v) is 4.74. The molecule has 26 heavy (non-hydrogen) atoms. The summed E-state index contributed by atoms with van der Waals surface area (Å²) < 4.78 is 3.96. The van der Waals surface area contributed by atoms with Crippen LogP contribution in [0.4, 0.5) is 0 Å². The van der Waals surface area contributed by atoms with Gasteiger partial charge in [-0.25, -0.2) is 0 Å². The second-order valence-corrected chi connectivity index (χ2v) is 6.51. The molecular weight excluding hydrogens is 328 g/mol. The lowest BCUT2D eigenvalue weighted by atomic mass is 9.97. The lowest BCUT2D eigenvalue weighted by Crippen LogP contribution is -2.34. The molecule has 4 rings (SSSR count). The summed E-state index contributed by atoms with van der Waals surface area (Å²) >= 11 is 0. The van der Waals surface area contributed by atoms with Crippen LogP contribution in [0.2, 0.25) is 0 Å². The van der Waals surface area contributed by atoms with Crippen molar-refractivity contribution in [1.29, 1.82) is 0 Å². The van der Waals surface area contributed by atoms with E-state index >= 15 is 0 Å². The lowest BCUT2D eigenvalue weighted by molar-refractivity contribution is -0.123. The van der Waals surface area contributed by atoms with Gasteiger partial charge in [0.25, 0.3) is 0 Å². The van der Waals surface area contributed by atoms with E-state index in [-0.39, 0.29) is 11.8 Å². The first-order chi connectivity index (χ1) is 12.8. The Labute approximate surface area is 152 Å². The Kier molecular flexibility index (Phi) is 4.77. The number of aryl methyl sites for hydroxylation is 1.